The summed E-state index contributed by atoms with van der Waals surface area (Å²) in [6.45, 7) is 2.56. The maximum absolute atomic E-state index is 13.4. The number of amides is 4. The van der Waals surface area contributed by atoms with E-state index < -0.39 is 17.8 Å². The number of carbonyl (C=O) groups excluding carboxylic acids is 3. The molecule has 0 atom stereocenters. The molecule has 0 bridgehead atoms. The highest BCUT2D eigenvalue weighted by molar-refractivity contribution is 9.10. The highest BCUT2D eigenvalue weighted by Gasteiger charge is 2.37. The molecular formula is C33H25BrCl2N2O6. The number of nitrogens with zero attached hydrogens (tertiary/aromatic N) is 1. The lowest BCUT2D eigenvalue weighted by atomic mass is 10.1. The fourth-order valence-corrected chi connectivity index (χ4v) is 5.24. The van der Waals surface area contributed by atoms with Crippen LogP contribution < -0.4 is 24.4 Å². The summed E-state index contributed by atoms with van der Waals surface area (Å²) in [6.07, 6.45) is 1.38. The summed E-state index contributed by atoms with van der Waals surface area (Å²) in [4.78, 5) is 39.8. The van der Waals surface area contributed by atoms with Crippen LogP contribution in [0.3, 0.4) is 0 Å². The third-order valence-electron chi connectivity index (χ3n) is 6.65. The lowest BCUT2D eigenvalue weighted by molar-refractivity contribution is -0.122. The van der Waals surface area contributed by atoms with E-state index >= 15 is 0 Å². The van der Waals surface area contributed by atoms with Crippen molar-refractivity contribution in [1.29, 1.82) is 0 Å². The number of hydrogen-bond donors (Lipinski definition) is 1. The predicted octanol–water partition coefficient (Wildman–Crippen LogP) is 7.90. The highest BCUT2D eigenvalue weighted by Crippen LogP contribution is 2.38. The summed E-state index contributed by atoms with van der Waals surface area (Å²) >= 11 is 15.6. The molecule has 0 unspecified atom stereocenters. The molecule has 5 rings (SSSR count). The summed E-state index contributed by atoms with van der Waals surface area (Å²) in [7, 11) is 1.47. The number of halogens is 3. The molecule has 1 heterocycles. The number of rotatable bonds is 9. The molecule has 1 saturated heterocycles. The molecule has 0 radical (unpaired) electrons. The van der Waals surface area contributed by atoms with Crippen LogP contribution in [0.15, 0.2) is 88.9 Å². The van der Waals surface area contributed by atoms with Gasteiger partial charge in [0.05, 0.1) is 27.3 Å². The molecule has 1 fully saturated rings. The lowest BCUT2D eigenvalue weighted by Gasteiger charge is -2.26. The number of methoxy groups -OCH3 is 1. The zero-order valence-corrected chi connectivity index (χ0v) is 26.6. The molecule has 224 valence electrons. The van der Waals surface area contributed by atoms with Gasteiger partial charge >= 0.3 is 6.03 Å². The Morgan fingerprint density at radius 1 is 0.841 bits per heavy atom. The summed E-state index contributed by atoms with van der Waals surface area (Å²) in [5.74, 6) is -0.276. The Morgan fingerprint density at radius 3 is 2.20 bits per heavy atom. The van der Waals surface area contributed by atoms with Crippen molar-refractivity contribution in [3.05, 3.63) is 121 Å². The molecule has 0 aliphatic carbocycles. The molecule has 44 heavy (non-hydrogen) atoms. The van der Waals surface area contributed by atoms with Gasteiger partial charge in [0.1, 0.15) is 24.5 Å². The van der Waals surface area contributed by atoms with E-state index in [4.69, 9.17) is 37.4 Å². The SMILES string of the molecule is COc1cc(/C=C2\C(=O)NC(=O)N(c3ccc(OCc4ccc(C)cc4)cc3)C2=O)cc(Br)c1OCc1ccc(Cl)c(Cl)c1. The van der Waals surface area contributed by atoms with Crippen LogP contribution in [0.5, 0.6) is 17.2 Å². The molecule has 0 spiro atoms. The summed E-state index contributed by atoms with van der Waals surface area (Å²) in [6, 6.07) is 22.1. The first-order valence-electron chi connectivity index (χ1n) is 13.3. The van der Waals surface area contributed by atoms with Gasteiger partial charge in [-0.3, -0.25) is 14.9 Å². The molecule has 0 aromatic heterocycles. The molecule has 8 nitrogen and oxygen atoms in total. The predicted molar refractivity (Wildman–Crippen MR) is 172 cm³/mol. The average molecular weight is 696 g/mol. The first-order valence-corrected chi connectivity index (χ1v) is 14.8. The largest absolute Gasteiger partial charge is 0.493 e. The van der Waals surface area contributed by atoms with E-state index in [2.05, 4.69) is 21.2 Å². The number of barbiturate groups is 1. The lowest BCUT2D eigenvalue weighted by Crippen LogP contribution is -2.54. The number of carbonyl (C=O) groups is 3. The van der Waals surface area contributed by atoms with Crippen molar-refractivity contribution in [3.8, 4) is 17.2 Å². The van der Waals surface area contributed by atoms with Crippen LogP contribution in [0.1, 0.15) is 22.3 Å². The Kier molecular flexibility index (Phi) is 9.58. The number of imide groups is 2. The number of anilines is 1. The second-order valence-corrected chi connectivity index (χ2v) is 11.5. The van der Waals surface area contributed by atoms with Crippen LogP contribution in [0.4, 0.5) is 10.5 Å². The molecule has 0 saturated carbocycles. The quantitative estimate of drug-likeness (QED) is 0.141. The molecule has 11 heteroatoms. The van der Waals surface area contributed by atoms with Gasteiger partial charge in [-0.1, -0.05) is 59.1 Å². The van der Waals surface area contributed by atoms with E-state index in [1.54, 1.807) is 54.6 Å². The van der Waals surface area contributed by atoms with Crippen LogP contribution in [0, 0.1) is 6.92 Å². The van der Waals surface area contributed by atoms with Crippen molar-refractivity contribution in [2.45, 2.75) is 20.1 Å². The topological polar surface area (TPSA) is 94.2 Å². The maximum atomic E-state index is 13.4. The van der Waals surface area contributed by atoms with Gasteiger partial charge in [-0.2, -0.15) is 0 Å². The number of benzene rings is 4. The Balaban J connectivity index is 1.33. The van der Waals surface area contributed by atoms with Crippen molar-refractivity contribution in [1.82, 2.24) is 5.32 Å². The number of urea groups is 1. The van der Waals surface area contributed by atoms with Crippen molar-refractivity contribution < 1.29 is 28.6 Å². The fourth-order valence-electron chi connectivity index (χ4n) is 4.35. The number of hydrogen-bond acceptors (Lipinski definition) is 6. The van der Waals surface area contributed by atoms with Crippen molar-refractivity contribution >= 4 is 68.7 Å². The monoisotopic (exact) mass is 694 g/mol. The molecular weight excluding hydrogens is 671 g/mol. The van der Waals surface area contributed by atoms with E-state index in [0.29, 0.717) is 43.9 Å². The van der Waals surface area contributed by atoms with Gasteiger partial charge in [0, 0.05) is 0 Å². The number of nitrogens with one attached hydrogen (secondary N) is 1. The van der Waals surface area contributed by atoms with Crippen LogP contribution in [0.2, 0.25) is 10.0 Å². The average Bonchev–Trinajstić information content (AvgIpc) is 3.00. The zero-order chi connectivity index (χ0) is 31.4. The summed E-state index contributed by atoms with van der Waals surface area (Å²) in [5.41, 5.74) is 3.46. The van der Waals surface area contributed by atoms with E-state index in [1.165, 1.54) is 13.2 Å². The Labute approximate surface area is 272 Å². The van der Waals surface area contributed by atoms with E-state index in [-0.39, 0.29) is 17.9 Å². The highest BCUT2D eigenvalue weighted by atomic mass is 79.9. The zero-order valence-electron chi connectivity index (χ0n) is 23.5. The smallest absolute Gasteiger partial charge is 0.335 e. The third kappa shape index (κ3) is 7.07. The third-order valence-corrected chi connectivity index (χ3v) is 7.98. The molecule has 4 aromatic carbocycles. The Morgan fingerprint density at radius 2 is 1.52 bits per heavy atom. The van der Waals surface area contributed by atoms with E-state index in [1.807, 2.05) is 31.2 Å². The molecule has 1 aliphatic heterocycles. The van der Waals surface area contributed by atoms with Crippen molar-refractivity contribution in [3.63, 3.8) is 0 Å². The summed E-state index contributed by atoms with van der Waals surface area (Å²) in [5, 5.41) is 3.08. The minimum absolute atomic E-state index is 0.181. The van der Waals surface area contributed by atoms with Gasteiger partial charge in [0.15, 0.2) is 11.5 Å². The van der Waals surface area contributed by atoms with E-state index in [9.17, 15) is 14.4 Å². The summed E-state index contributed by atoms with van der Waals surface area (Å²) < 4.78 is 17.8. The number of ether oxygens (including phenoxy) is 3. The molecule has 1 aliphatic rings. The van der Waals surface area contributed by atoms with Gasteiger partial charge in [-0.15, -0.1) is 0 Å². The van der Waals surface area contributed by atoms with Gasteiger partial charge in [0.25, 0.3) is 11.8 Å². The van der Waals surface area contributed by atoms with Crippen molar-refractivity contribution in [2.75, 3.05) is 12.0 Å². The molecule has 1 N–H and O–H groups in total. The Bertz CT molecular complexity index is 1770. The van der Waals surface area contributed by atoms with Crippen molar-refractivity contribution in [2.24, 2.45) is 0 Å². The van der Waals surface area contributed by atoms with Gasteiger partial charge in [0.2, 0.25) is 0 Å². The number of aryl methyl sites for hydroxylation is 1. The molecule has 4 aromatic rings. The van der Waals surface area contributed by atoms with Gasteiger partial charge in [-0.05, 0) is 94.2 Å². The Hall–Kier alpha value is -4.31. The minimum atomic E-state index is -0.852. The van der Waals surface area contributed by atoms with Crippen LogP contribution >= 0.6 is 39.1 Å². The van der Waals surface area contributed by atoms with Crippen LogP contribution in [-0.4, -0.2) is 25.0 Å². The van der Waals surface area contributed by atoms with E-state index in [0.717, 1.165) is 21.6 Å². The second-order valence-electron chi connectivity index (χ2n) is 9.80. The van der Waals surface area contributed by atoms with Gasteiger partial charge < -0.3 is 14.2 Å². The first kappa shape index (κ1) is 31.1. The minimum Gasteiger partial charge on any atom is -0.493 e. The van der Waals surface area contributed by atoms with Crippen LogP contribution in [-0.2, 0) is 22.8 Å². The van der Waals surface area contributed by atoms with Crippen LogP contribution in [0.25, 0.3) is 6.08 Å². The maximum Gasteiger partial charge on any atom is 0.335 e. The first-order chi connectivity index (χ1) is 21.1. The molecule has 4 amide bonds. The van der Waals surface area contributed by atoms with Gasteiger partial charge in [-0.25, -0.2) is 9.69 Å². The normalized spacial score (nSPS) is 14.1. The fraction of sp³-hybridized carbons (Fsp3) is 0.121. The second kappa shape index (κ2) is 13.5. The standard InChI is InChI=1S/C33H25BrCl2N2O6/c1-19-3-5-20(6-4-19)17-43-24-10-8-23(9-11-24)38-32(40)25(31(39)37-33(38)41)13-22-14-26(34)30(29(16-22)42-2)44-18-21-7-12-27(35)28(36)15-21/h3-16H,17-18H2,1-2H3,(H,37,39,41)/b25-13+.